The highest BCUT2D eigenvalue weighted by Gasteiger charge is 2.75. The molecule has 31 heavy (non-hydrogen) atoms. The van der Waals surface area contributed by atoms with E-state index < -0.39 is 11.0 Å². The van der Waals surface area contributed by atoms with Crippen LogP contribution < -0.4 is 4.90 Å². The van der Waals surface area contributed by atoms with E-state index in [1.165, 1.54) is 0 Å². The molecule has 6 rings (SSSR count). The molecule has 1 saturated heterocycles. The van der Waals surface area contributed by atoms with Gasteiger partial charge in [-0.15, -0.1) is 0 Å². The molecule has 1 fully saturated rings. The number of carbonyl (C=O) groups is 2. The van der Waals surface area contributed by atoms with E-state index >= 15 is 0 Å². The van der Waals surface area contributed by atoms with E-state index in [9.17, 15) is 9.59 Å². The molecule has 0 bridgehead atoms. The lowest BCUT2D eigenvalue weighted by molar-refractivity contribution is -0.132. The number of fused-ring (bicyclic) bond motifs is 4. The first-order valence-corrected chi connectivity index (χ1v) is 10.8. The Kier molecular flexibility index (Phi) is 3.67. The van der Waals surface area contributed by atoms with E-state index in [0.29, 0.717) is 13.0 Å². The van der Waals surface area contributed by atoms with Crippen molar-refractivity contribution in [3.05, 3.63) is 101 Å². The van der Waals surface area contributed by atoms with Gasteiger partial charge in [0, 0.05) is 36.3 Å². The van der Waals surface area contributed by atoms with Crippen molar-refractivity contribution in [1.29, 1.82) is 0 Å². The number of Topliss-reactive ketones (excluding diaryl/α,β-unsaturated/α-hetero) is 1. The van der Waals surface area contributed by atoms with Crippen LogP contribution in [0.25, 0.3) is 0 Å². The number of likely N-dealkylation sites (tertiary alicyclic amines) is 1. The van der Waals surface area contributed by atoms with Crippen molar-refractivity contribution < 1.29 is 9.59 Å². The Labute approximate surface area is 182 Å². The maximum atomic E-state index is 14.4. The van der Waals surface area contributed by atoms with Gasteiger partial charge in [-0.2, -0.15) is 0 Å². The minimum atomic E-state index is -1.02. The third kappa shape index (κ3) is 1.99. The van der Waals surface area contributed by atoms with Crippen LogP contribution >= 0.6 is 0 Å². The Bertz CT molecular complexity index is 1240. The van der Waals surface area contributed by atoms with Crippen LogP contribution in [-0.2, 0) is 16.8 Å². The minimum absolute atomic E-state index is 0.00390. The summed E-state index contributed by atoms with van der Waals surface area (Å²) in [7, 11) is 3.84. The molecule has 4 heteroatoms. The van der Waals surface area contributed by atoms with Crippen LogP contribution in [-0.4, -0.2) is 37.2 Å². The van der Waals surface area contributed by atoms with Crippen molar-refractivity contribution in [1.82, 2.24) is 4.90 Å². The van der Waals surface area contributed by atoms with Crippen LogP contribution in [0.4, 0.5) is 5.69 Å². The number of hydrogen-bond acceptors (Lipinski definition) is 3. The molecule has 0 saturated carbocycles. The lowest BCUT2D eigenvalue weighted by Crippen LogP contribution is -2.59. The molecule has 3 aliphatic rings. The molecule has 2 spiro atoms. The summed E-state index contributed by atoms with van der Waals surface area (Å²) in [6.07, 6.45) is 0.569. The monoisotopic (exact) mass is 408 g/mol. The number of benzene rings is 3. The van der Waals surface area contributed by atoms with Gasteiger partial charge in [0.15, 0.2) is 5.78 Å². The number of nitrogens with zero attached hydrogens (tertiary/aromatic N) is 2. The largest absolute Gasteiger partial charge is 0.313 e. The fraction of sp³-hybridized carbons (Fsp3) is 0.259. The summed E-state index contributed by atoms with van der Waals surface area (Å²) in [5.41, 5.74) is 2.87. The molecule has 0 aromatic heterocycles. The average molecular weight is 409 g/mol. The molecule has 0 N–H and O–H groups in total. The highest BCUT2D eigenvalue weighted by atomic mass is 16.2. The average Bonchev–Trinajstić information content (AvgIpc) is 3.34. The van der Waals surface area contributed by atoms with Crippen LogP contribution in [0.3, 0.4) is 0 Å². The van der Waals surface area contributed by atoms with Gasteiger partial charge in [-0.05, 0) is 30.7 Å². The Morgan fingerprint density at radius 1 is 0.839 bits per heavy atom. The van der Waals surface area contributed by atoms with Crippen LogP contribution in [0.15, 0.2) is 78.9 Å². The Hall–Kier alpha value is -3.24. The van der Waals surface area contributed by atoms with Crippen LogP contribution in [0.5, 0.6) is 0 Å². The van der Waals surface area contributed by atoms with Crippen molar-refractivity contribution in [2.45, 2.75) is 17.9 Å². The third-order valence-electron chi connectivity index (χ3n) is 7.88. The van der Waals surface area contributed by atoms with Crippen LogP contribution in [0.1, 0.15) is 33.0 Å². The van der Waals surface area contributed by atoms with Gasteiger partial charge in [-0.1, -0.05) is 72.8 Å². The summed E-state index contributed by atoms with van der Waals surface area (Å²) in [5.74, 6) is 0.0117. The lowest BCUT2D eigenvalue weighted by atomic mass is 9.59. The second-order valence-electron chi connectivity index (χ2n) is 9.07. The SMILES string of the molecule is CN1C(=O)[C@@]2(c3ccccc31)N(C)C[C@@H](c1ccccc1)[C@@]21Cc2ccccc2C1=O. The van der Waals surface area contributed by atoms with Crippen molar-refractivity contribution in [2.24, 2.45) is 5.41 Å². The van der Waals surface area contributed by atoms with Crippen molar-refractivity contribution in [2.75, 3.05) is 25.5 Å². The molecule has 3 aromatic rings. The van der Waals surface area contributed by atoms with Gasteiger partial charge in [0.25, 0.3) is 5.91 Å². The molecular weight excluding hydrogens is 384 g/mol. The smallest absolute Gasteiger partial charge is 0.253 e. The van der Waals surface area contributed by atoms with Gasteiger partial charge >= 0.3 is 0 Å². The number of para-hydroxylation sites is 1. The normalized spacial score (nSPS) is 29.2. The molecule has 154 valence electrons. The summed E-state index contributed by atoms with van der Waals surface area (Å²) in [6, 6.07) is 26.1. The summed E-state index contributed by atoms with van der Waals surface area (Å²) in [4.78, 5) is 32.4. The number of hydrogen-bond donors (Lipinski definition) is 0. The Morgan fingerprint density at radius 3 is 2.29 bits per heavy atom. The maximum absolute atomic E-state index is 14.4. The van der Waals surface area contributed by atoms with Crippen LogP contribution in [0, 0.1) is 5.41 Å². The first-order chi connectivity index (χ1) is 15.0. The molecular formula is C27H24N2O2. The zero-order valence-electron chi connectivity index (χ0n) is 17.7. The Morgan fingerprint density at radius 2 is 1.52 bits per heavy atom. The second kappa shape index (κ2) is 6.14. The summed E-state index contributed by atoms with van der Waals surface area (Å²) < 4.78 is 0. The van der Waals surface area contributed by atoms with Gasteiger partial charge in [-0.3, -0.25) is 14.5 Å². The molecule has 2 heterocycles. The number of anilines is 1. The van der Waals surface area contributed by atoms with E-state index in [4.69, 9.17) is 0 Å². The fourth-order valence-electron chi connectivity index (χ4n) is 6.66. The van der Waals surface area contributed by atoms with E-state index in [-0.39, 0.29) is 17.6 Å². The topological polar surface area (TPSA) is 40.6 Å². The molecule has 1 amide bonds. The first-order valence-electron chi connectivity index (χ1n) is 10.8. The molecule has 0 radical (unpaired) electrons. The number of rotatable bonds is 1. The number of amides is 1. The second-order valence-corrected chi connectivity index (χ2v) is 9.07. The van der Waals surface area contributed by atoms with Gasteiger partial charge < -0.3 is 4.90 Å². The summed E-state index contributed by atoms with van der Waals surface area (Å²) in [6.45, 7) is 0.650. The maximum Gasteiger partial charge on any atom is 0.253 e. The van der Waals surface area contributed by atoms with E-state index in [0.717, 1.165) is 27.9 Å². The summed E-state index contributed by atoms with van der Waals surface area (Å²) >= 11 is 0. The number of likely N-dealkylation sites (N-methyl/N-ethyl adjacent to an activating group) is 2. The highest BCUT2D eigenvalue weighted by molar-refractivity contribution is 6.16. The van der Waals surface area contributed by atoms with E-state index in [2.05, 4.69) is 17.0 Å². The van der Waals surface area contributed by atoms with E-state index in [1.807, 2.05) is 80.8 Å². The highest BCUT2D eigenvalue weighted by Crippen LogP contribution is 2.67. The molecule has 2 aliphatic heterocycles. The fourth-order valence-corrected chi connectivity index (χ4v) is 6.66. The number of carbonyl (C=O) groups excluding carboxylic acids is 2. The predicted molar refractivity (Wildman–Crippen MR) is 120 cm³/mol. The zero-order valence-corrected chi connectivity index (χ0v) is 17.7. The predicted octanol–water partition coefficient (Wildman–Crippen LogP) is 4.01. The molecule has 1 aliphatic carbocycles. The third-order valence-corrected chi connectivity index (χ3v) is 7.88. The lowest BCUT2D eigenvalue weighted by Gasteiger charge is -2.44. The van der Waals surface area contributed by atoms with Gasteiger partial charge in [0.2, 0.25) is 0 Å². The van der Waals surface area contributed by atoms with Gasteiger partial charge in [0.1, 0.15) is 5.54 Å². The first kappa shape index (κ1) is 18.5. The standard InChI is InChI=1S/C27H24N2O2/c1-28-17-22(18-10-4-3-5-11-18)26(16-19-12-6-7-13-20(19)24(26)30)27(28)21-14-8-9-15-23(21)29(2)25(27)31/h3-15,22H,16-17H2,1-2H3/t22-,26+,27+/m0/s1. The van der Waals surface area contributed by atoms with E-state index in [1.54, 1.807) is 4.90 Å². The molecule has 4 nitrogen and oxygen atoms in total. The Balaban J connectivity index is 1.70. The van der Waals surface area contributed by atoms with Crippen molar-refractivity contribution in [3.8, 4) is 0 Å². The quantitative estimate of drug-likeness (QED) is 0.611. The zero-order chi connectivity index (χ0) is 21.4. The summed E-state index contributed by atoms with van der Waals surface area (Å²) in [5, 5.41) is 0. The van der Waals surface area contributed by atoms with Gasteiger partial charge in [-0.25, -0.2) is 0 Å². The minimum Gasteiger partial charge on any atom is -0.313 e. The molecule has 0 unspecified atom stereocenters. The number of ketones is 1. The van der Waals surface area contributed by atoms with Crippen LogP contribution in [0.2, 0.25) is 0 Å². The van der Waals surface area contributed by atoms with Crippen molar-refractivity contribution >= 4 is 17.4 Å². The molecule has 3 atom stereocenters. The van der Waals surface area contributed by atoms with Gasteiger partial charge in [0.05, 0.1) is 5.41 Å². The van der Waals surface area contributed by atoms with Crippen molar-refractivity contribution in [3.63, 3.8) is 0 Å². The molecule has 3 aromatic carbocycles.